The third kappa shape index (κ3) is 4.70. The minimum absolute atomic E-state index is 0.0535. The molecule has 0 saturated heterocycles. The molecule has 0 aromatic heterocycles. The van der Waals surface area contributed by atoms with E-state index in [1.54, 1.807) is 0 Å². The molecular formula is C16H29N. The molecule has 0 unspecified atom stereocenters. The van der Waals surface area contributed by atoms with Crippen LogP contribution in [0.3, 0.4) is 0 Å². The molecule has 1 rings (SSSR count). The van der Waals surface area contributed by atoms with Crippen LogP contribution in [0.5, 0.6) is 0 Å². The van der Waals surface area contributed by atoms with E-state index in [9.17, 15) is 5.26 Å². The van der Waals surface area contributed by atoms with Crippen molar-refractivity contribution in [3.63, 3.8) is 0 Å². The molecular weight excluding hydrogens is 206 g/mol. The topological polar surface area (TPSA) is 23.8 Å². The molecule has 0 bridgehead atoms. The number of rotatable bonds is 7. The maximum absolute atomic E-state index is 9.45. The van der Waals surface area contributed by atoms with Crippen molar-refractivity contribution in [2.75, 3.05) is 0 Å². The van der Waals surface area contributed by atoms with Crippen molar-refractivity contribution in [2.24, 2.45) is 11.3 Å². The molecule has 0 amide bonds. The third-order valence-corrected chi connectivity index (χ3v) is 4.64. The summed E-state index contributed by atoms with van der Waals surface area (Å²) in [6.07, 6.45) is 14.0. The smallest absolute Gasteiger partial charge is 0.0689 e. The molecule has 0 aromatic rings. The molecule has 1 heteroatoms. The van der Waals surface area contributed by atoms with Gasteiger partial charge < -0.3 is 0 Å². The second kappa shape index (κ2) is 7.75. The summed E-state index contributed by atoms with van der Waals surface area (Å²) in [4.78, 5) is 0. The number of nitriles is 1. The van der Waals surface area contributed by atoms with Crippen LogP contribution in [-0.4, -0.2) is 0 Å². The van der Waals surface area contributed by atoms with Gasteiger partial charge in [0.15, 0.2) is 0 Å². The van der Waals surface area contributed by atoms with Gasteiger partial charge in [-0.2, -0.15) is 5.26 Å². The summed E-state index contributed by atoms with van der Waals surface area (Å²) in [6, 6.07) is 2.65. The Hall–Kier alpha value is -0.510. The molecule has 1 fully saturated rings. The summed E-state index contributed by atoms with van der Waals surface area (Å²) in [5, 5.41) is 9.45. The predicted molar refractivity (Wildman–Crippen MR) is 73.7 cm³/mol. The van der Waals surface area contributed by atoms with E-state index in [0.717, 1.165) is 25.2 Å². The molecule has 0 atom stereocenters. The van der Waals surface area contributed by atoms with Gasteiger partial charge in [-0.05, 0) is 38.0 Å². The molecule has 0 radical (unpaired) electrons. The SMILES string of the molecule is CCCCCCCC1(C#N)CCC(CC)CC1. The summed E-state index contributed by atoms with van der Waals surface area (Å²) >= 11 is 0. The fourth-order valence-electron chi connectivity index (χ4n) is 3.12. The Labute approximate surface area is 108 Å². The Morgan fingerprint density at radius 1 is 1.06 bits per heavy atom. The van der Waals surface area contributed by atoms with Crippen molar-refractivity contribution < 1.29 is 0 Å². The van der Waals surface area contributed by atoms with Gasteiger partial charge in [0, 0.05) is 0 Å². The fraction of sp³-hybridized carbons (Fsp3) is 0.938. The van der Waals surface area contributed by atoms with Crippen LogP contribution in [0.4, 0.5) is 0 Å². The quantitative estimate of drug-likeness (QED) is 0.538. The lowest BCUT2D eigenvalue weighted by Gasteiger charge is -2.34. The van der Waals surface area contributed by atoms with E-state index in [0.29, 0.717) is 0 Å². The summed E-state index contributed by atoms with van der Waals surface area (Å²) in [5.74, 6) is 0.900. The Balaban J connectivity index is 2.26. The van der Waals surface area contributed by atoms with E-state index in [1.807, 2.05) is 0 Å². The number of hydrogen-bond acceptors (Lipinski definition) is 1. The van der Waals surface area contributed by atoms with Crippen LogP contribution in [0.1, 0.15) is 84.5 Å². The van der Waals surface area contributed by atoms with Crippen LogP contribution < -0.4 is 0 Å². The zero-order valence-corrected chi connectivity index (χ0v) is 11.8. The normalized spacial score (nSPS) is 28.9. The summed E-state index contributed by atoms with van der Waals surface area (Å²) < 4.78 is 0. The zero-order chi connectivity index (χ0) is 12.6. The average Bonchev–Trinajstić information content (AvgIpc) is 2.39. The second-order valence-electron chi connectivity index (χ2n) is 5.91. The molecule has 0 aromatic carbocycles. The Bertz CT molecular complexity index is 230. The van der Waals surface area contributed by atoms with Crippen molar-refractivity contribution in [1.29, 1.82) is 5.26 Å². The van der Waals surface area contributed by atoms with Crippen LogP contribution in [-0.2, 0) is 0 Å². The van der Waals surface area contributed by atoms with E-state index >= 15 is 0 Å². The molecule has 17 heavy (non-hydrogen) atoms. The van der Waals surface area contributed by atoms with Crippen molar-refractivity contribution in [2.45, 2.75) is 84.5 Å². The summed E-state index contributed by atoms with van der Waals surface area (Å²) in [7, 11) is 0. The number of nitrogens with zero attached hydrogens (tertiary/aromatic N) is 1. The standard InChI is InChI=1S/C16H29N/c1-3-5-6-7-8-11-16(14-17)12-9-15(4-2)10-13-16/h15H,3-13H2,1-2H3. The average molecular weight is 235 g/mol. The van der Waals surface area contributed by atoms with Crippen LogP contribution in [0.2, 0.25) is 0 Å². The monoisotopic (exact) mass is 235 g/mol. The predicted octanol–water partition coefficient (Wildman–Crippen LogP) is 5.46. The van der Waals surface area contributed by atoms with Crippen molar-refractivity contribution in [1.82, 2.24) is 0 Å². The molecule has 0 N–H and O–H groups in total. The van der Waals surface area contributed by atoms with Crippen molar-refractivity contribution in [3.05, 3.63) is 0 Å². The number of hydrogen-bond donors (Lipinski definition) is 0. The summed E-state index contributed by atoms with van der Waals surface area (Å²) in [5.41, 5.74) is 0.0535. The molecule has 1 aliphatic rings. The zero-order valence-electron chi connectivity index (χ0n) is 11.8. The molecule has 0 aliphatic heterocycles. The van der Waals surface area contributed by atoms with Gasteiger partial charge >= 0.3 is 0 Å². The minimum atomic E-state index is 0.0535. The first-order chi connectivity index (χ1) is 8.26. The minimum Gasteiger partial charge on any atom is -0.198 e. The molecule has 1 saturated carbocycles. The highest BCUT2D eigenvalue weighted by Gasteiger charge is 2.34. The van der Waals surface area contributed by atoms with E-state index in [1.165, 1.54) is 51.4 Å². The van der Waals surface area contributed by atoms with Crippen LogP contribution in [0, 0.1) is 22.7 Å². The fourth-order valence-corrected chi connectivity index (χ4v) is 3.12. The van der Waals surface area contributed by atoms with Gasteiger partial charge in [-0.1, -0.05) is 52.4 Å². The van der Waals surface area contributed by atoms with Gasteiger partial charge in [0.25, 0.3) is 0 Å². The van der Waals surface area contributed by atoms with Gasteiger partial charge in [0.2, 0.25) is 0 Å². The molecule has 0 spiro atoms. The van der Waals surface area contributed by atoms with Crippen LogP contribution in [0.15, 0.2) is 0 Å². The van der Waals surface area contributed by atoms with Gasteiger partial charge in [-0.15, -0.1) is 0 Å². The first kappa shape index (κ1) is 14.6. The molecule has 98 valence electrons. The first-order valence-electron chi connectivity index (χ1n) is 7.67. The highest BCUT2D eigenvalue weighted by molar-refractivity contribution is 5.01. The lowest BCUT2D eigenvalue weighted by atomic mass is 9.68. The molecule has 1 aliphatic carbocycles. The van der Waals surface area contributed by atoms with Crippen molar-refractivity contribution in [3.8, 4) is 6.07 Å². The Morgan fingerprint density at radius 2 is 1.71 bits per heavy atom. The van der Waals surface area contributed by atoms with Gasteiger partial charge in [-0.3, -0.25) is 0 Å². The second-order valence-corrected chi connectivity index (χ2v) is 5.91. The molecule has 0 heterocycles. The third-order valence-electron chi connectivity index (χ3n) is 4.64. The van der Waals surface area contributed by atoms with E-state index in [-0.39, 0.29) is 5.41 Å². The highest BCUT2D eigenvalue weighted by Crippen LogP contribution is 2.43. The number of unbranched alkanes of at least 4 members (excludes halogenated alkanes) is 4. The van der Waals surface area contributed by atoms with E-state index < -0.39 is 0 Å². The Morgan fingerprint density at radius 3 is 2.24 bits per heavy atom. The van der Waals surface area contributed by atoms with Gasteiger partial charge in [-0.25, -0.2) is 0 Å². The highest BCUT2D eigenvalue weighted by atomic mass is 14.4. The molecule has 1 nitrogen and oxygen atoms in total. The van der Waals surface area contributed by atoms with Gasteiger partial charge in [0.1, 0.15) is 0 Å². The van der Waals surface area contributed by atoms with Crippen LogP contribution in [0.25, 0.3) is 0 Å². The Kier molecular flexibility index (Phi) is 6.63. The maximum Gasteiger partial charge on any atom is 0.0689 e. The summed E-state index contributed by atoms with van der Waals surface area (Å²) in [6.45, 7) is 4.54. The largest absolute Gasteiger partial charge is 0.198 e. The van der Waals surface area contributed by atoms with Crippen LogP contribution >= 0.6 is 0 Å². The lowest BCUT2D eigenvalue weighted by Crippen LogP contribution is -2.25. The van der Waals surface area contributed by atoms with E-state index in [2.05, 4.69) is 19.9 Å². The van der Waals surface area contributed by atoms with Gasteiger partial charge in [0.05, 0.1) is 11.5 Å². The van der Waals surface area contributed by atoms with E-state index in [4.69, 9.17) is 0 Å². The maximum atomic E-state index is 9.45. The first-order valence-corrected chi connectivity index (χ1v) is 7.67. The van der Waals surface area contributed by atoms with Crippen molar-refractivity contribution >= 4 is 0 Å². The lowest BCUT2D eigenvalue weighted by molar-refractivity contribution is 0.189.